The van der Waals surface area contributed by atoms with Crippen molar-refractivity contribution in [2.75, 3.05) is 44.2 Å². The summed E-state index contributed by atoms with van der Waals surface area (Å²) in [6, 6.07) is -0.0139. The van der Waals surface area contributed by atoms with Crippen molar-refractivity contribution in [1.29, 1.82) is 0 Å². The lowest BCUT2D eigenvalue weighted by Gasteiger charge is -2.39. The van der Waals surface area contributed by atoms with Gasteiger partial charge in [0.1, 0.15) is 5.82 Å². The van der Waals surface area contributed by atoms with Gasteiger partial charge in [0.05, 0.1) is 17.4 Å². The van der Waals surface area contributed by atoms with Crippen molar-refractivity contribution in [3.8, 4) is 0 Å². The van der Waals surface area contributed by atoms with Gasteiger partial charge >= 0.3 is 0 Å². The van der Waals surface area contributed by atoms with Gasteiger partial charge in [0.15, 0.2) is 0 Å². The highest BCUT2D eigenvalue weighted by Crippen LogP contribution is 2.19. The lowest BCUT2D eigenvalue weighted by Crippen LogP contribution is -2.54. The Labute approximate surface area is 138 Å². The molecule has 1 aromatic heterocycles. The van der Waals surface area contributed by atoms with Crippen LogP contribution in [-0.2, 0) is 4.79 Å². The summed E-state index contributed by atoms with van der Waals surface area (Å²) >= 11 is 0. The first-order valence-electron chi connectivity index (χ1n) is 8.64. The average Bonchev–Trinajstić information content (AvgIpc) is 3.10. The Morgan fingerprint density at radius 1 is 1.09 bits per heavy atom. The maximum absolute atomic E-state index is 12.5. The van der Waals surface area contributed by atoms with Crippen LogP contribution in [0, 0.1) is 13.8 Å². The molecular formula is C17H27N5O. The second-order valence-corrected chi connectivity index (χ2v) is 6.65. The Bertz CT molecular complexity index is 562. The molecule has 2 aliphatic heterocycles. The van der Waals surface area contributed by atoms with Crippen LogP contribution in [0.25, 0.3) is 0 Å². The topological polar surface area (TPSA) is 52.6 Å². The second-order valence-electron chi connectivity index (χ2n) is 6.65. The van der Waals surface area contributed by atoms with Crippen LogP contribution in [0.3, 0.4) is 0 Å². The normalized spacial score (nSPS) is 20.8. The van der Waals surface area contributed by atoms with Crippen LogP contribution in [0.4, 0.5) is 5.82 Å². The van der Waals surface area contributed by atoms with E-state index < -0.39 is 0 Å². The quantitative estimate of drug-likeness (QED) is 0.839. The fourth-order valence-electron chi connectivity index (χ4n) is 3.50. The third-order valence-corrected chi connectivity index (χ3v) is 4.99. The smallest absolute Gasteiger partial charge is 0.239 e. The zero-order valence-electron chi connectivity index (χ0n) is 14.5. The molecule has 0 saturated carbocycles. The molecule has 6 heteroatoms. The average molecular weight is 317 g/mol. The molecule has 1 aromatic rings. The molecule has 2 saturated heterocycles. The SMILES string of the molecule is Cc1cnc(C)c(N2CCN(C(C)C(=O)N3CCCC3)CC2)n1. The molecule has 1 unspecified atom stereocenters. The number of anilines is 1. The van der Waals surface area contributed by atoms with Gasteiger partial charge in [-0.1, -0.05) is 0 Å². The predicted molar refractivity (Wildman–Crippen MR) is 90.6 cm³/mol. The highest BCUT2D eigenvalue weighted by atomic mass is 16.2. The van der Waals surface area contributed by atoms with Crippen LogP contribution in [0.1, 0.15) is 31.2 Å². The van der Waals surface area contributed by atoms with Gasteiger partial charge in [0, 0.05) is 45.5 Å². The third-order valence-electron chi connectivity index (χ3n) is 4.99. The molecule has 3 rings (SSSR count). The molecule has 6 nitrogen and oxygen atoms in total. The van der Waals surface area contributed by atoms with Gasteiger partial charge in [-0.25, -0.2) is 4.98 Å². The Morgan fingerprint density at radius 2 is 1.74 bits per heavy atom. The zero-order chi connectivity index (χ0) is 16.4. The standard InChI is InChI=1S/C17H27N5O/c1-13-12-18-14(2)16(19-13)21-10-8-20(9-11-21)15(3)17(23)22-6-4-5-7-22/h12,15H,4-11H2,1-3H3. The zero-order valence-corrected chi connectivity index (χ0v) is 14.5. The van der Waals surface area contributed by atoms with Crippen molar-refractivity contribution >= 4 is 11.7 Å². The minimum Gasteiger partial charge on any atom is -0.353 e. The first kappa shape index (κ1) is 16.2. The minimum atomic E-state index is -0.0139. The molecule has 0 N–H and O–H groups in total. The van der Waals surface area contributed by atoms with Crippen molar-refractivity contribution in [2.45, 2.75) is 39.7 Å². The van der Waals surface area contributed by atoms with E-state index >= 15 is 0 Å². The van der Waals surface area contributed by atoms with E-state index in [1.807, 2.05) is 31.9 Å². The summed E-state index contributed by atoms with van der Waals surface area (Å²) in [6.45, 7) is 11.5. The van der Waals surface area contributed by atoms with Gasteiger partial charge in [-0.05, 0) is 33.6 Å². The van der Waals surface area contributed by atoms with E-state index in [1.54, 1.807) is 0 Å². The number of hydrogen-bond donors (Lipinski definition) is 0. The summed E-state index contributed by atoms with van der Waals surface area (Å²) in [6.07, 6.45) is 4.11. The van der Waals surface area contributed by atoms with E-state index in [1.165, 1.54) is 0 Å². The summed E-state index contributed by atoms with van der Waals surface area (Å²) in [4.78, 5) is 28.2. The van der Waals surface area contributed by atoms with Gasteiger partial charge in [0.25, 0.3) is 0 Å². The van der Waals surface area contributed by atoms with Crippen molar-refractivity contribution in [3.05, 3.63) is 17.6 Å². The lowest BCUT2D eigenvalue weighted by molar-refractivity contribution is -0.135. The van der Waals surface area contributed by atoms with Gasteiger partial charge in [0.2, 0.25) is 5.91 Å². The van der Waals surface area contributed by atoms with E-state index in [-0.39, 0.29) is 6.04 Å². The van der Waals surface area contributed by atoms with E-state index in [0.29, 0.717) is 5.91 Å². The first-order valence-corrected chi connectivity index (χ1v) is 8.64. The molecule has 126 valence electrons. The number of carbonyl (C=O) groups is 1. The summed E-state index contributed by atoms with van der Waals surface area (Å²) < 4.78 is 0. The molecule has 2 fully saturated rings. The minimum absolute atomic E-state index is 0.0139. The third kappa shape index (κ3) is 3.47. The van der Waals surface area contributed by atoms with Crippen molar-refractivity contribution in [2.24, 2.45) is 0 Å². The van der Waals surface area contributed by atoms with E-state index in [9.17, 15) is 4.79 Å². The van der Waals surface area contributed by atoms with Crippen molar-refractivity contribution in [1.82, 2.24) is 19.8 Å². The Hall–Kier alpha value is -1.69. The number of rotatable bonds is 3. The van der Waals surface area contributed by atoms with Crippen LogP contribution < -0.4 is 4.90 Å². The highest BCUT2D eigenvalue weighted by Gasteiger charge is 2.30. The fraction of sp³-hybridized carbons (Fsp3) is 0.706. The molecule has 0 spiro atoms. The van der Waals surface area contributed by atoms with Crippen LogP contribution in [-0.4, -0.2) is 71.0 Å². The lowest BCUT2D eigenvalue weighted by atomic mass is 10.2. The summed E-state index contributed by atoms with van der Waals surface area (Å²) in [5.41, 5.74) is 1.93. The number of carbonyl (C=O) groups excluding carboxylic acids is 1. The number of piperazine rings is 1. The summed E-state index contributed by atoms with van der Waals surface area (Å²) in [5, 5.41) is 0. The molecule has 0 aromatic carbocycles. The maximum Gasteiger partial charge on any atom is 0.239 e. The number of likely N-dealkylation sites (tertiary alicyclic amines) is 1. The van der Waals surface area contributed by atoms with Gasteiger partial charge in [-0.3, -0.25) is 14.7 Å². The number of aromatic nitrogens is 2. The molecule has 0 aliphatic carbocycles. The highest BCUT2D eigenvalue weighted by molar-refractivity contribution is 5.81. The van der Waals surface area contributed by atoms with Crippen molar-refractivity contribution < 1.29 is 4.79 Å². The molecule has 0 bridgehead atoms. The molecule has 2 aliphatic rings. The van der Waals surface area contributed by atoms with Crippen LogP contribution in [0.2, 0.25) is 0 Å². The van der Waals surface area contributed by atoms with Gasteiger partial charge in [-0.15, -0.1) is 0 Å². The van der Waals surface area contributed by atoms with E-state index in [0.717, 1.165) is 69.3 Å². The molecule has 1 atom stereocenters. The van der Waals surface area contributed by atoms with Crippen molar-refractivity contribution in [3.63, 3.8) is 0 Å². The van der Waals surface area contributed by atoms with Gasteiger partial charge in [-0.2, -0.15) is 0 Å². The fourth-order valence-corrected chi connectivity index (χ4v) is 3.50. The molecular weight excluding hydrogens is 290 g/mol. The van der Waals surface area contributed by atoms with Crippen LogP contribution in [0.5, 0.6) is 0 Å². The first-order chi connectivity index (χ1) is 11.1. The number of amides is 1. The Kier molecular flexibility index (Phi) is 4.80. The maximum atomic E-state index is 12.5. The summed E-state index contributed by atoms with van der Waals surface area (Å²) in [7, 11) is 0. The van der Waals surface area contributed by atoms with E-state index in [2.05, 4.69) is 19.8 Å². The Balaban J connectivity index is 1.59. The molecule has 0 radical (unpaired) electrons. The predicted octanol–water partition coefficient (Wildman–Crippen LogP) is 1.23. The van der Waals surface area contributed by atoms with Crippen LogP contribution >= 0.6 is 0 Å². The molecule has 3 heterocycles. The summed E-state index contributed by atoms with van der Waals surface area (Å²) in [5.74, 6) is 1.28. The monoisotopic (exact) mass is 317 g/mol. The number of nitrogens with zero attached hydrogens (tertiary/aromatic N) is 5. The number of hydrogen-bond acceptors (Lipinski definition) is 5. The Morgan fingerprint density at radius 3 is 2.39 bits per heavy atom. The van der Waals surface area contributed by atoms with Crippen LogP contribution in [0.15, 0.2) is 6.20 Å². The van der Waals surface area contributed by atoms with Gasteiger partial charge < -0.3 is 9.80 Å². The van der Waals surface area contributed by atoms with E-state index in [4.69, 9.17) is 0 Å². The number of aryl methyl sites for hydroxylation is 2. The molecule has 1 amide bonds. The molecule has 23 heavy (non-hydrogen) atoms. The second kappa shape index (κ2) is 6.83. The largest absolute Gasteiger partial charge is 0.353 e.